The lowest BCUT2D eigenvalue weighted by atomic mass is 9.93. The topological polar surface area (TPSA) is 512 Å². The molecule has 3 heterocycles. The van der Waals surface area contributed by atoms with Gasteiger partial charge in [-0.05, 0) is 86.4 Å². The first-order valence-corrected chi connectivity index (χ1v) is 34.6. The van der Waals surface area contributed by atoms with E-state index in [0.29, 0.717) is 23.7 Å². The van der Waals surface area contributed by atoms with Gasteiger partial charge in [0.1, 0.15) is 17.8 Å². The summed E-state index contributed by atoms with van der Waals surface area (Å²) in [6.07, 6.45) is -2.29. The molecule has 0 saturated carbocycles. The molecule has 0 aliphatic carbocycles. The molecule has 3 amide bonds. The lowest BCUT2D eigenvalue weighted by molar-refractivity contribution is -0.192. The average Bonchev–Trinajstić information content (AvgIpc) is 1.50. The van der Waals surface area contributed by atoms with Crippen molar-refractivity contribution in [3.63, 3.8) is 0 Å². The number of aromatic nitrogens is 2. The number of ketones is 1. The molecule has 2 aromatic carbocycles. The first kappa shape index (κ1) is 81.3. The number of Topliss-reactive ketones (excluding diaryl/α,β-unsaturated/α-hetero) is 1. The van der Waals surface area contributed by atoms with Crippen molar-refractivity contribution in [1.82, 2.24) is 50.2 Å². The third-order valence-electron chi connectivity index (χ3n) is 15.0. The normalized spacial score (nSPS) is 16.7. The zero-order valence-corrected chi connectivity index (χ0v) is 55.5. The number of likely N-dealkylation sites (N-methyl/N-ethyl adjacent to an activating group) is 1. The van der Waals surface area contributed by atoms with Crippen molar-refractivity contribution < 1.29 is 121 Å². The first-order valence-electron chi connectivity index (χ1n) is 29.9. The predicted molar refractivity (Wildman–Crippen MR) is 336 cm³/mol. The molecule has 35 nitrogen and oxygen atoms in total. The van der Waals surface area contributed by atoms with Crippen LogP contribution in [0.1, 0.15) is 65.6 Å². The number of carboxylic acid groups (broad SMARTS) is 5. The van der Waals surface area contributed by atoms with Crippen LogP contribution in [0.4, 0.5) is 24.8 Å². The maximum atomic E-state index is 13.7. The molecule has 1 fully saturated rings. The minimum absolute atomic E-state index is 0.0136. The molecule has 1 aromatic heterocycles. The van der Waals surface area contributed by atoms with Crippen LogP contribution >= 0.6 is 0 Å². The molecule has 1 unspecified atom stereocenters. The predicted octanol–water partition coefficient (Wildman–Crippen LogP) is -0.991. The van der Waals surface area contributed by atoms with Gasteiger partial charge in [-0.15, -0.1) is 0 Å². The van der Waals surface area contributed by atoms with E-state index >= 15 is 0 Å². The number of alkyl halides is 3. The number of carboxylic acids is 5. The van der Waals surface area contributed by atoms with Crippen LogP contribution in [0, 0.1) is 19.8 Å². The van der Waals surface area contributed by atoms with Crippen molar-refractivity contribution in [3.05, 3.63) is 65.0 Å². The van der Waals surface area contributed by atoms with E-state index in [1.165, 1.54) is 35.8 Å². The number of aliphatic carboxylic acids is 5. The molecule has 0 bridgehead atoms. The highest BCUT2D eigenvalue weighted by Crippen LogP contribution is 2.32. The molecular formula is C56H81F3N12O23S3. The van der Waals surface area contributed by atoms with Crippen LogP contribution in [0.15, 0.2) is 47.6 Å². The molecular weight excluding hydrogens is 1360 g/mol. The van der Waals surface area contributed by atoms with E-state index in [9.17, 15) is 106 Å². The fraction of sp³-hybridized carbons (Fsp3) is 0.571. The van der Waals surface area contributed by atoms with E-state index in [1.54, 1.807) is 52.3 Å². The number of sulfonamides is 1. The lowest BCUT2D eigenvalue weighted by Crippen LogP contribution is -2.54. The Bertz CT molecular complexity index is 3540. The second-order valence-corrected chi connectivity index (χ2v) is 27.6. The minimum atomic E-state index is -5.08. The van der Waals surface area contributed by atoms with Crippen molar-refractivity contribution >= 4 is 95.2 Å². The minimum Gasteiger partial charge on any atom is -0.494 e. The maximum absolute atomic E-state index is 13.7. The fourth-order valence-electron chi connectivity index (χ4n) is 10.6. The van der Waals surface area contributed by atoms with Gasteiger partial charge in [0.15, 0.2) is 11.7 Å². The molecule has 542 valence electrons. The molecule has 2 aliphatic rings. The lowest BCUT2D eigenvalue weighted by Gasteiger charge is -2.34. The number of benzene rings is 2. The summed E-state index contributed by atoms with van der Waals surface area (Å²) in [6, 6.07) is 3.72. The average molecular weight is 1440 g/mol. The van der Waals surface area contributed by atoms with E-state index in [2.05, 4.69) is 36.0 Å². The van der Waals surface area contributed by atoms with Gasteiger partial charge in [0.25, 0.3) is 20.2 Å². The Balaban J connectivity index is 0.00000270. The SMILES string of the molecule is Cc1cc(OCCCC(=O)NCCC[C@H](C[C@H](CS(=O)(=O)O)NC(=O)CN2CCN(CC(=O)O)CCN(CC(=O)O)CCN(CC(=O)O)CC2)CS(=O)(=O)O)cc(C)c1S(=O)(=O)N[C@@H](CNC(=O)C1CC(=O)c2ccc(CNc3ncc[nH]3)cc2N1C)C(=O)O.O=C(O)C(F)(F)F. The number of imidazole rings is 1. The van der Waals surface area contributed by atoms with Crippen molar-refractivity contribution in [1.29, 1.82) is 0 Å². The Morgan fingerprint density at radius 2 is 1.26 bits per heavy atom. The molecule has 41 heteroatoms. The largest absolute Gasteiger partial charge is 0.494 e. The number of carbonyl (C=O) groups is 9. The number of aryl methyl sites for hydroxylation is 2. The van der Waals surface area contributed by atoms with Crippen LogP contribution < -0.4 is 35.6 Å². The second-order valence-electron chi connectivity index (χ2n) is 22.9. The van der Waals surface area contributed by atoms with Crippen LogP contribution in [-0.4, -0.2) is 284 Å². The van der Waals surface area contributed by atoms with Crippen LogP contribution in [0.25, 0.3) is 0 Å². The Labute approximate surface area is 556 Å². The number of nitrogens with zero attached hydrogens (tertiary/aromatic N) is 6. The fourth-order valence-corrected chi connectivity index (χ4v) is 13.8. The number of hydrogen-bond acceptors (Lipinski definition) is 23. The Hall–Kier alpha value is -8.16. The summed E-state index contributed by atoms with van der Waals surface area (Å²) in [6.45, 7) is 1.55. The number of anilines is 2. The van der Waals surface area contributed by atoms with E-state index < -0.39 is 146 Å². The third-order valence-corrected chi connectivity index (χ3v) is 18.5. The molecule has 13 N–H and O–H groups in total. The van der Waals surface area contributed by atoms with Crippen LogP contribution in [0.2, 0.25) is 0 Å². The Kier molecular flexibility index (Phi) is 31.5. The molecule has 1 saturated heterocycles. The van der Waals surface area contributed by atoms with E-state index in [1.807, 2.05) is 0 Å². The van der Waals surface area contributed by atoms with Gasteiger partial charge in [0.05, 0.1) is 49.2 Å². The van der Waals surface area contributed by atoms with Gasteiger partial charge >= 0.3 is 36.0 Å². The highest BCUT2D eigenvalue weighted by atomic mass is 32.2. The highest BCUT2D eigenvalue weighted by molar-refractivity contribution is 7.89. The number of amides is 3. The van der Waals surface area contributed by atoms with E-state index in [0.717, 1.165) is 5.56 Å². The molecule has 3 aromatic rings. The summed E-state index contributed by atoms with van der Waals surface area (Å²) in [4.78, 5) is 124. The van der Waals surface area contributed by atoms with Crippen LogP contribution in [0.5, 0.6) is 5.75 Å². The standard InChI is InChI=1S/C54H80N12O21S3.C2HF3O2/c1-35-22-40(23-36(2)51(35)90(85,86)61-42(53(77)78)28-58-52(76)44-26-45(67)41-9-8-37(25-43(41)62(44)3)27-59-54-56-11-12-57-54)87-21-5-7-46(68)55-10-4-6-38(33-88(79,80)81)24-39(34-89(82,83)84)60-47(69)29-63-13-15-64(30-48(70)71)17-19-66(32-50(74)75)20-18-65(16-14-63)31-49(72)73;3-2(4,5)1(6)7/h8-9,11-12,22-23,25,38-39,42,44,61H,4-7,10,13-21,24,26-34H2,1-3H3,(H,55,68)(H,58,76)(H,60,69)(H,70,71)(H,72,73)(H,74,75)(H,77,78)(H2,56,57,59)(H,79,80,81)(H,82,83,84);(H,6,7)/t38-,39-,42+,44?;/m1./s1. The molecule has 0 radical (unpaired) electrons. The van der Waals surface area contributed by atoms with Gasteiger partial charge in [-0.1, -0.05) is 6.07 Å². The molecule has 0 spiro atoms. The van der Waals surface area contributed by atoms with Gasteiger partial charge in [0, 0.05) is 122 Å². The number of halogens is 3. The number of fused-ring (bicyclic) bond motifs is 1. The summed E-state index contributed by atoms with van der Waals surface area (Å²) in [7, 11) is -12.4. The maximum Gasteiger partial charge on any atom is 0.490 e. The molecule has 5 rings (SSSR count). The number of H-pyrrole nitrogens is 1. The van der Waals surface area contributed by atoms with Gasteiger partial charge in [-0.3, -0.25) is 67.1 Å². The number of rotatable bonds is 34. The summed E-state index contributed by atoms with van der Waals surface area (Å²) < 4.78 is 136. The first-order chi connectivity index (χ1) is 45.2. The summed E-state index contributed by atoms with van der Waals surface area (Å²) in [5.41, 5.74) is 2.01. The number of carbonyl (C=O) groups excluding carboxylic acids is 4. The zero-order chi connectivity index (χ0) is 72.6. The zero-order valence-electron chi connectivity index (χ0n) is 53.0. The van der Waals surface area contributed by atoms with Gasteiger partial charge < -0.3 is 61.4 Å². The van der Waals surface area contributed by atoms with Crippen molar-refractivity contribution in [2.24, 2.45) is 5.92 Å². The molecule has 2 aliphatic heterocycles. The number of ether oxygens (including phenoxy) is 1. The van der Waals surface area contributed by atoms with Gasteiger partial charge in [0.2, 0.25) is 27.7 Å². The smallest absolute Gasteiger partial charge is 0.490 e. The number of nitrogens with one attached hydrogen (secondary N) is 6. The molecule has 97 heavy (non-hydrogen) atoms. The monoisotopic (exact) mass is 1440 g/mol. The quantitative estimate of drug-likeness (QED) is 0.0252. The van der Waals surface area contributed by atoms with Crippen LogP contribution in [0.3, 0.4) is 0 Å². The molecule has 4 atom stereocenters. The van der Waals surface area contributed by atoms with Crippen molar-refractivity contribution in [3.8, 4) is 5.75 Å². The Morgan fingerprint density at radius 1 is 0.732 bits per heavy atom. The summed E-state index contributed by atoms with van der Waals surface area (Å²) >= 11 is 0. The third kappa shape index (κ3) is 30.0. The van der Waals surface area contributed by atoms with Crippen LogP contribution in [-0.2, 0) is 75.2 Å². The summed E-state index contributed by atoms with van der Waals surface area (Å²) in [5.74, 6) is -12.3. The number of aromatic amines is 1. The van der Waals surface area contributed by atoms with E-state index in [4.69, 9.17) is 14.6 Å². The van der Waals surface area contributed by atoms with Crippen molar-refractivity contribution in [2.75, 3.05) is 127 Å². The van der Waals surface area contributed by atoms with Gasteiger partial charge in [-0.25, -0.2) is 18.2 Å². The van der Waals surface area contributed by atoms with E-state index in [-0.39, 0.29) is 138 Å². The number of hydrogen-bond donors (Lipinski definition) is 13. The highest BCUT2D eigenvalue weighted by Gasteiger charge is 2.39. The summed E-state index contributed by atoms with van der Waals surface area (Å²) in [5, 5.41) is 56.5. The van der Waals surface area contributed by atoms with Crippen molar-refractivity contribution in [2.45, 2.75) is 88.1 Å². The van der Waals surface area contributed by atoms with Gasteiger partial charge in [-0.2, -0.15) is 34.7 Å². The second kappa shape index (κ2) is 37.5. The Morgan fingerprint density at radius 3 is 1.73 bits per heavy atom.